The molecule has 0 bridgehead atoms. The summed E-state index contributed by atoms with van der Waals surface area (Å²) in [6, 6.07) is 0. The average Bonchev–Trinajstić information content (AvgIpc) is 2.20. The molecule has 1 rings (SSSR count). The van der Waals surface area contributed by atoms with Gasteiger partial charge in [-0.3, -0.25) is 5.10 Å². The summed E-state index contributed by atoms with van der Waals surface area (Å²) in [6.45, 7) is 7.42. The second-order valence-corrected chi connectivity index (χ2v) is 2.20. The van der Waals surface area contributed by atoms with Gasteiger partial charge < -0.3 is 0 Å². The fourth-order valence-electron chi connectivity index (χ4n) is 0.874. The topological polar surface area (TPSA) is 28.7 Å². The molecule has 52 valence electrons. The Morgan fingerprint density at radius 2 is 2.30 bits per heavy atom. The Morgan fingerprint density at radius 3 is 2.70 bits per heavy atom. The van der Waals surface area contributed by atoms with Gasteiger partial charge >= 0.3 is 0 Å². The maximum Gasteiger partial charge on any atom is 0.0672 e. The summed E-state index contributed by atoms with van der Waals surface area (Å²) < 4.78 is 0. The SMILES string of the molecule is C=C=Cc1c(C)n[nH]c1C. The van der Waals surface area contributed by atoms with E-state index in [1.54, 1.807) is 0 Å². The molecule has 0 spiro atoms. The molecule has 0 saturated carbocycles. The van der Waals surface area contributed by atoms with Crippen molar-refractivity contribution in [1.29, 1.82) is 0 Å². The van der Waals surface area contributed by atoms with Crippen molar-refractivity contribution >= 4 is 6.08 Å². The van der Waals surface area contributed by atoms with Gasteiger partial charge in [0.2, 0.25) is 0 Å². The molecule has 0 amide bonds. The summed E-state index contributed by atoms with van der Waals surface area (Å²) in [7, 11) is 0. The normalized spacial score (nSPS) is 9.00. The van der Waals surface area contributed by atoms with Gasteiger partial charge in [-0.15, -0.1) is 5.73 Å². The molecule has 1 aromatic heterocycles. The van der Waals surface area contributed by atoms with E-state index in [0.717, 1.165) is 17.0 Å². The third-order valence-electron chi connectivity index (χ3n) is 1.43. The summed E-state index contributed by atoms with van der Waals surface area (Å²) in [6.07, 6.45) is 1.83. The van der Waals surface area contributed by atoms with Gasteiger partial charge in [-0.25, -0.2) is 0 Å². The minimum atomic E-state index is 0.994. The molecule has 0 aliphatic heterocycles. The summed E-state index contributed by atoms with van der Waals surface area (Å²) in [5.74, 6) is 0. The molecule has 0 aliphatic carbocycles. The number of rotatable bonds is 1. The standard InChI is InChI=1S/C8H10N2/c1-4-5-8-6(2)9-10-7(8)3/h5H,1H2,2-3H3,(H,9,10). The van der Waals surface area contributed by atoms with E-state index in [1.807, 2.05) is 19.9 Å². The highest BCUT2D eigenvalue weighted by Gasteiger charge is 1.99. The van der Waals surface area contributed by atoms with Crippen molar-refractivity contribution in [1.82, 2.24) is 10.2 Å². The van der Waals surface area contributed by atoms with Crippen LogP contribution in [0.5, 0.6) is 0 Å². The predicted molar refractivity (Wildman–Crippen MR) is 41.7 cm³/mol. The molecule has 0 fully saturated rings. The first-order valence-electron chi connectivity index (χ1n) is 3.13. The molecule has 0 unspecified atom stereocenters. The number of hydrogen-bond acceptors (Lipinski definition) is 1. The van der Waals surface area contributed by atoms with Gasteiger partial charge in [0.15, 0.2) is 0 Å². The number of aromatic amines is 1. The van der Waals surface area contributed by atoms with Crippen molar-refractivity contribution in [2.75, 3.05) is 0 Å². The largest absolute Gasteiger partial charge is 0.282 e. The molecule has 2 nitrogen and oxygen atoms in total. The average molecular weight is 134 g/mol. The summed E-state index contributed by atoms with van der Waals surface area (Å²) in [4.78, 5) is 0. The fourth-order valence-corrected chi connectivity index (χ4v) is 0.874. The zero-order valence-corrected chi connectivity index (χ0v) is 6.23. The Labute approximate surface area is 60.3 Å². The minimum absolute atomic E-state index is 0.994. The summed E-state index contributed by atoms with van der Waals surface area (Å²) in [5, 5.41) is 6.88. The van der Waals surface area contributed by atoms with E-state index in [9.17, 15) is 0 Å². The third-order valence-corrected chi connectivity index (χ3v) is 1.43. The maximum absolute atomic E-state index is 4.01. The lowest BCUT2D eigenvalue weighted by atomic mass is 10.2. The van der Waals surface area contributed by atoms with Crippen LogP contribution in [0.4, 0.5) is 0 Å². The van der Waals surface area contributed by atoms with Crippen LogP contribution in [0.3, 0.4) is 0 Å². The van der Waals surface area contributed by atoms with Crippen molar-refractivity contribution in [2.24, 2.45) is 0 Å². The van der Waals surface area contributed by atoms with E-state index in [1.165, 1.54) is 0 Å². The highest BCUT2D eigenvalue weighted by Crippen LogP contribution is 2.09. The van der Waals surface area contributed by atoms with Crippen LogP contribution in [0.1, 0.15) is 17.0 Å². The summed E-state index contributed by atoms with van der Waals surface area (Å²) in [5.41, 5.74) is 5.87. The lowest BCUT2D eigenvalue weighted by Crippen LogP contribution is -1.74. The van der Waals surface area contributed by atoms with Crippen LogP contribution in [0.15, 0.2) is 12.3 Å². The Balaban J connectivity index is 3.22. The van der Waals surface area contributed by atoms with Gasteiger partial charge in [0.1, 0.15) is 0 Å². The lowest BCUT2D eigenvalue weighted by Gasteiger charge is -1.86. The van der Waals surface area contributed by atoms with Crippen molar-refractivity contribution in [2.45, 2.75) is 13.8 Å². The molecule has 2 heteroatoms. The van der Waals surface area contributed by atoms with Crippen LogP contribution in [-0.4, -0.2) is 10.2 Å². The van der Waals surface area contributed by atoms with Gasteiger partial charge in [0, 0.05) is 11.3 Å². The van der Waals surface area contributed by atoms with Crippen molar-refractivity contribution < 1.29 is 0 Å². The van der Waals surface area contributed by atoms with E-state index >= 15 is 0 Å². The Bertz CT molecular complexity index is 258. The second kappa shape index (κ2) is 2.54. The number of aromatic nitrogens is 2. The fraction of sp³-hybridized carbons (Fsp3) is 0.250. The van der Waals surface area contributed by atoms with E-state index in [-0.39, 0.29) is 0 Å². The van der Waals surface area contributed by atoms with Crippen molar-refractivity contribution in [3.05, 3.63) is 29.3 Å². The molecule has 1 aromatic rings. The van der Waals surface area contributed by atoms with Crippen LogP contribution >= 0.6 is 0 Å². The van der Waals surface area contributed by atoms with E-state index in [0.29, 0.717) is 0 Å². The zero-order valence-electron chi connectivity index (χ0n) is 6.23. The van der Waals surface area contributed by atoms with Gasteiger partial charge in [0.05, 0.1) is 5.69 Å². The highest BCUT2D eigenvalue weighted by molar-refractivity contribution is 5.52. The van der Waals surface area contributed by atoms with E-state index in [2.05, 4.69) is 22.5 Å². The highest BCUT2D eigenvalue weighted by atomic mass is 15.1. The van der Waals surface area contributed by atoms with Gasteiger partial charge in [-0.1, -0.05) is 6.58 Å². The van der Waals surface area contributed by atoms with Crippen LogP contribution in [0, 0.1) is 13.8 Å². The van der Waals surface area contributed by atoms with E-state index < -0.39 is 0 Å². The van der Waals surface area contributed by atoms with Crippen LogP contribution in [-0.2, 0) is 0 Å². The Kier molecular flexibility index (Phi) is 1.74. The molecule has 0 aliphatic rings. The van der Waals surface area contributed by atoms with Gasteiger partial charge in [-0.2, -0.15) is 5.10 Å². The molecule has 1 heterocycles. The second-order valence-electron chi connectivity index (χ2n) is 2.20. The molecular weight excluding hydrogens is 124 g/mol. The predicted octanol–water partition coefficient (Wildman–Crippen LogP) is 1.82. The lowest BCUT2D eigenvalue weighted by molar-refractivity contribution is 1.02. The van der Waals surface area contributed by atoms with Crippen LogP contribution in [0.25, 0.3) is 6.08 Å². The number of nitrogens with zero attached hydrogens (tertiary/aromatic N) is 1. The van der Waals surface area contributed by atoms with Crippen molar-refractivity contribution in [3.63, 3.8) is 0 Å². The number of aryl methyl sites for hydroxylation is 2. The van der Waals surface area contributed by atoms with Crippen LogP contribution < -0.4 is 0 Å². The molecular formula is C8H10N2. The first-order chi connectivity index (χ1) is 4.75. The first-order valence-corrected chi connectivity index (χ1v) is 3.13. The molecule has 1 N–H and O–H groups in total. The Hall–Kier alpha value is -1.27. The monoisotopic (exact) mass is 134 g/mol. The van der Waals surface area contributed by atoms with Gasteiger partial charge in [0.25, 0.3) is 0 Å². The number of H-pyrrole nitrogens is 1. The molecule has 10 heavy (non-hydrogen) atoms. The third kappa shape index (κ3) is 1.02. The minimum Gasteiger partial charge on any atom is -0.282 e. The molecule has 0 saturated heterocycles. The Morgan fingerprint density at radius 1 is 1.60 bits per heavy atom. The molecule has 0 radical (unpaired) electrons. The summed E-state index contributed by atoms with van der Waals surface area (Å²) >= 11 is 0. The number of nitrogens with one attached hydrogen (secondary N) is 1. The zero-order chi connectivity index (χ0) is 7.56. The molecule has 0 atom stereocenters. The van der Waals surface area contributed by atoms with Crippen molar-refractivity contribution in [3.8, 4) is 0 Å². The van der Waals surface area contributed by atoms with Crippen LogP contribution in [0.2, 0.25) is 0 Å². The quantitative estimate of drug-likeness (QED) is 0.583. The first kappa shape index (κ1) is 6.84. The molecule has 0 aromatic carbocycles. The van der Waals surface area contributed by atoms with Gasteiger partial charge in [-0.05, 0) is 19.9 Å². The number of hydrogen-bond donors (Lipinski definition) is 1. The smallest absolute Gasteiger partial charge is 0.0672 e. The van der Waals surface area contributed by atoms with E-state index in [4.69, 9.17) is 0 Å². The maximum atomic E-state index is 4.01.